The zero-order chi connectivity index (χ0) is 24.7. The van der Waals surface area contributed by atoms with Crippen molar-refractivity contribution in [3.8, 4) is 0 Å². The standard InChI is InChI=1S/C26H42N4O3/c1-16(2)15-22(27)26(33)30-13-11-20(12-14-30)24(31)29-23(18(5)6)25(32)28-21-9-7-19(8-10-21)17(3)4/h7-10,16-18,20,22-23H,11-15,27H2,1-6H3,(H,28,32)(H,29,31)/t22-,23-/m0/s1. The summed E-state index contributed by atoms with van der Waals surface area (Å²) in [4.78, 5) is 40.1. The Hall–Kier alpha value is -2.41. The molecule has 1 aromatic carbocycles. The van der Waals surface area contributed by atoms with Gasteiger partial charge in [-0.05, 0) is 54.7 Å². The van der Waals surface area contributed by atoms with Gasteiger partial charge in [-0.25, -0.2) is 0 Å². The molecule has 7 heteroatoms. The Morgan fingerprint density at radius 2 is 1.58 bits per heavy atom. The molecule has 0 spiro atoms. The van der Waals surface area contributed by atoms with Gasteiger partial charge in [0.2, 0.25) is 17.7 Å². The van der Waals surface area contributed by atoms with Crippen molar-refractivity contribution in [2.45, 2.75) is 78.8 Å². The number of rotatable bonds is 9. The number of hydrogen-bond acceptors (Lipinski definition) is 4. The summed E-state index contributed by atoms with van der Waals surface area (Å²) in [6.07, 6.45) is 1.81. The first-order chi connectivity index (χ1) is 15.5. The third-order valence-electron chi connectivity index (χ3n) is 6.31. The molecule has 33 heavy (non-hydrogen) atoms. The second-order valence-corrected chi connectivity index (χ2v) is 10.3. The SMILES string of the molecule is CC(C)C[C@H](N)C(=O)N1CCC(C(=O)N[C@H](C(=O)Nc2ccc(C(C)C)cc2)C(C)C)CC1. The van der Waals surface area contributed by atoms with Crippen LogP contribution in [-0.4, -0.2) is 47.8 Å². The minimum absolute atomic E-state index is 0.0366. The van der Waals surface area contributed by atoms with Crippen LogP contribution in [0.5, 0.6) is 0 Å². The minimum atomic E-state index is -0.624. The molecule has 0 radical (unpaired) electrons. The zero-order valence-corrected chi connectivity index (χ0v) is 21.1. The van der Waals surface area contributed by atoms with Crippen molar-refractivity contribution in [1.29, 1.82) is 0 Å². The van der Waals surface area contributed by atoms with E-state index in [2.05, 4.69) is 24.5 Å². The van der Waals surface area contributed by atoms with Gasteiger partial charge in [-0.2, -0.15) is 0 Å². The van der Waals surface area contributed by atoms with Gasteiger partial charge in [-0.15, -0.1) is 0 Å². The number of likely N-dealkylation sites (tertiary alicyclic amines) is 1. The number of amides is 3. The molecule has 1 fully saturated rings. The summed E-state index contributed by atoms with van der Waals surface area (Å²) in [6.45, 7) is 13.2. The Morgan fingerprint density at radius 1 is 1.00 bits per heavy atom. The van der Waals surface area contributed by atoms with Gasteiger partial charge in [0, 0.05) is 24.7 Å². The normalized spacial score (nSPS) is 16.7. The molecule has 1 aliphatic rings. The maximum absolute atomic E-state index is 12.9. The van der Waals surface area contributed by atoms with Crippen LogP contribution in [0, 0.1) is 17.8 Å². The Labute approximate surface area is 198 Å². The summed E-state index contributed by atoms with van der Waals surface area (Å²) in [5.41, 5.74) is 7.97. The highest BCUT2D eigenvalue weighted by Gasteiger charge is 2.32. The lowest BCUT2D eigenvalue weighted by Crippen LogP contribution is -2.52. The number of nitrogens with two attached hydrogens (primary N) is 1. The van der Waals surface area contributed by atoms with Crippen LogP contribution in [0.3, 0.4) is 0 Å². The number of carbonyl (C=O) groups excluding carboxylic acids is 3. The van der Waals surface area contributed by atoms with Gasteiger partial charge in [0.15, 0.2) is 0 Å². The predicted molar refractivity (Wildman–Crippen MR) is 133 cm³/mol. The van der Waals surface area contributed by atoms with Gasteiger partial charge < -0.3 is 21.3 Å². The van der Waals surface area contributed by atoms with Crippen LogP contribution in [0.15, 0.2) is 24.3 Å². The number of benzene rings is 1. The van der Waals surface area contributed by atoms with E-state index in [9.17, 15) is 14.4 Å². The number of nitrogens with one attached hydrogen (secondary N) is 2. The molecule has 1 aromatic rings. The predicted octanol–water partition coefficient (Wildman–Crippen LogP) is 3.50. The van der Waals surface area contributed by atoms with Crippen LogP contribution >= 0.6 is 0 Å². The van der Waals surface area contributed by atoms with Crippen LogP contribution < -0.4 is 16.4 Å². The van der Waals surface area contributed by atoms with E-state index in [0.717, 1.165) is 0 Å². The fraction of sp³-hybridized carbons (Fsp3) is 0.654. The number of anilines is 1. The lowest BCUT2D eigenvalue weighted by Gasteiger charge is -2.34. The highest BCUT2D eigenvalue weighted by Crippen LogP contribution is 2.21. The van der Waals surface area contributed by atoms with E-state index < -0.39 is 12.1 Å². The van der Waals surface area contributed by atoms with Crippen LogP contribution in [0.1, 0.15) is 72.3 Å². The third kappa shape index (κ3) is 7.84. The molecule has 4 N–H and O–H groups in total. The molecule has 3 amide bonds. The Bertz CT molecular complexity index is 796. The summed E-state index contributed by atoms with van der Waals surface area (Å²) in [7, 11) is 0. The van der Waals surface area contributed by atoms with Crippen molar-refractivity contribution >= 4 is 23.4 Å². The average molecular weight is 459 g/mol. The van der Waals surface area contributed by atoms with E-state index in [1.165, 1.54) is 5.56 Å². The molecule has 0 bridgehead atoms. The summed E-state index contributed by atoms with van der Waals surface area (Å²) in [5.74, 6) is 0.130. The van der Waals surface area contributed by atoms with Crippen molar-refractivity contribution in [3.63, 3.8) is 0 Å². The van der Waals surface area contributed by atoms with Gasteiger partial charge in [-0.1, -0.05) is 53.7 Å². The number of piperidine rings is 1. The topological polar surface area (TPSA) is 105 Å². The monoisotopic (exact) mass is 458 g/mol. The fourth-order valence-corrected chi connectivity index (χ4v) is 4.18. The molecule has 1 aliphatic heterocycles. The summed E-state index contributed by atoms with van der Waals surface area (Å²) in [6, 6.07) is 6.68. The fourth-order valence-electron chi connectivity index (χ4n) is 4.18. The van der Waals surface area contributed by atoms with E-state index >= 15 is 0 Å². The summed E-state index contributed by atoms with van der Waals surface area (Å²) < 4.78 is 0. The van der Waals surface area contributed by atoms with E-state index in [1.807, 2.05) is 52.0 Å². The zero-order valence-electron chi connectivity index (χ0n) is 21.1. The molecule has 1 saturated heterocycles. The Morgan fingerprint density at radius 3 is 2.06 bits per heavy atom. The van der Waals surface area contributed by atoms with Crippen molar-refractivity contribution in [2.75, 3.05) is 18.4 Å². The second-order valence-electron chi connectivity index (χ2n) is 10.3. The number of nitrogens with zero attached hydrogens (tertiary/aromatic N) is 1. The lowest BCUT2D eigenvalue weighted by atomic mass is 9.93. The molecule has 2 rings (SSSR count). The number of hydrogen-bond donors (Lipinski definition) is 3. The Kier molecular flexibility index (Phi) is 9.89. The molecule has 184 valence electrons. The smallest absolute Gasteiger partial charge is 0.247 e. The largest absolute Gasteiger partial charge is 0.344 e. The highest BCUT2D eigenvalue weighted by molar-refractivity contribution is 5.97. The highest BCUT2D eigenvalue weighted by atomic mass is 16.2. The van der Waals surface area contributed by atoms with Crippen molar-refractivity contribution < 1.29 is 14.4 Å². The van der Waals surface area contributed by atoms with Crippen LogP contribution in [0.4, 0.5) is 5.69 Å². The van der Waals surface area contributed by atoms with Gasteiger partial charge in [0.25, 0.3) is 0 Å². The second kappa shape index (κ2) is 12.2. The first-order valence-electron chi connectivity index (χ1n) is 12.2. The van der Waals surface area contributed by atoms with Crippen LogP contribution in [0.2, 0.25) is 0 Å². The average Bonchev–Trinajstić information content (AvgIpc) is 2.76. The van der Waals surface area contributed by atoms with Crippen LogP contribution in [0.25, 0.3) is 0 Å². The van der Waals surface area contributed by atoms with Gasteiger partial charge in [0.05, 0.1) is 6.04 Å². The molecular formula is C26H42N4O3. The maximum Gasteiger partial charge on any atom is 0.247 e. The van der Waals surface area contributed by atoms with Gasteiger partial charge >= 0.3 is 0 Å². The molecule has 0 unspecified atom stereocenters. The van der Waals surface area contributed by atoms with Crippen LogP contribution in [-0.2, 0) is 14.4 Å². The van der Waals surface area contributed by atoms with E-state index in [4.69, 9.17) is 5.73 Å². The molecule has 7 nitrogen and oxygen atoms in total. The molecular weight excluding hydrogens is 416 g/mol. The molecule has 0 aliphatic carbocycles. The maximum atomic E-state index is 12.9. The van der Waals surface area contributed by atoms with Gasteiger partial charge in [-0.3, -0.25) is 14.4 Å². The first-order valence-corrected chi connectivity index (χ1v) is 12.2. The molecule has 0 aromatic heterocycles. The van der Waals surface area contributed by atoms with Gasteiger partial charge in [0.1, 0.15) is 6.04 Å². The summed E-state index contributed by atoms with van der Waals surface area (Å²) >= 11 is 0. The molecule has 2 atom stereocenters. The lowest BCUT2D eigenvalue weighted by molar-refractivity contribution is -0.137. The minimum Gasteiger partial charge on any atom is -0.344 e. The number of carbonyl (C=O) groups is 3. The first kappa shape index (κ1) is 26.8. The van der Waals surface area contributed by atoms with Crippen molar-refractivity contribution in [2.24, 2.45) is 23.5 Å². The van der Waals surface area contributed by atoms with E-state index in [-0.39, 0.29) is 29.6 Å². The third-order valence-corrected chi connectivity index (χ3v) is 6.31. The van der Waals surface area contributed by atoms with E-state index in [0.29, 0.717) is 49.9 Å². The quantitative estimate of drug-likeness (QED) is 0.527. The van der Waals surface area contributed by atoms with E-state index in [1.54, 1.807) is 4.90 Å². The Balaban J connectivity index is 1.91. The van der Waals surface area contributed by atoms with Crippen molar-refractivity contribution in [3.05, 3.63) is 29.8 Å². The summed E-state index contributed by atoms with van der Waals surface area (Å²) in [5, 5.41) is 5.88. The molecule has 0 saturated carbocycles. The van der Waals surface area contributed by atoms with Crippen molar-refractivity contribution in [1.82, 2.24) is 10.2 Å². The molecule has 1 heterocycles.